The van der Waals surface area contributed by atoms with E-state index >= 15 is 0 Å². The van der Waals surface area contributed by atoms with Gasteiger partial charge in [0.25, 0.3) is 0 Å². The second-order valence-electron chi connectivity index (χ2n) is 4.11. The second kappa shape index (κ2) is 6.57. The van der Waals surface area contributed by atoms with E-state index in [1.54, 1.807) is 0 Å². The molecule has 1 aromatic heterocycles. The van der Waals surface area contributed by atoms with Gasteiger partial charge in [-0.1, -0.05) is 18.7 Å². The maximum Gasteiger partial charge on any atom is 0.170 e. The molecule has 1 aliphatic rings. The molecule has 0 aromatic carbocycles. The van der Waals surface area contributed by atoms with E-state index in [4.69, 9.17) is 0 Å². The molecule has 0 spiro atoms. The lowest BCUT2D eigenvalue weighted by molar-refractivity contribution is 0.640. The molecule has 2 rings (SSSR count). The minimum absolute atomic E-state index is 0.850. The molecule has 0 radical (unpaired) electrons. The van der Waals surface area contributed by atoms with Crippen LogP contribution in [0.5, 0.6) is 0 Å². The highest BCUT2D eigenvalue weighted by Crippen LogP contribution is 2.22. The summed E-state index contributed by atoms with van der Waals surface area (Å²) >= 11 is 3.39. The summed E-state index contributed by atoms with van der Waals surface area (Å²) in [6.45, 7) is 3.28. The zero-order valence-corrected chi connectivity index (χ0v) is 11.4. The molecule has 0 saturated heterocycles. The number of rotatable bonds is 8. The minimum Gasteiger partial charge on any atom is -0.314 e. The quantitative estimate of drug-likeness (QED) is 0.574. The topological polar surface area (TPSA) is 37.8 Å². The number of nitrogens with zero attached hydrogens (tertiary/aromatic N) is 2. The van der Waals surface area contributed by atoms with Crippen molar-refractivity contribution < 1.29 is 0 Å². The number of thioether (sulfide) groups is 1. The number of aryl methyl sites for hydroxylation is 1. The van der Waals surface area contributed by atoms with Gasteiger partial charge in [0, 0.05) is 18.2 Å². The lowest BCUT2D eigenvalue weighted by Crippen LogP contribution is -2.17. The van der Waals surface area contributed by atoms with E-state index in [1.165, 1.54) is 49.5 Å². The molecule has 1 saturated carbocycles. The Bertz CT molecular complexity index is 310. The molecule has 1 aromatic rings. The molecule has 3 nitrogen and oxygen atoms in total. The highest BCUT2D eigenvalue weighted by molar-refractivity contribution is 8.00. The highest BCUT2D eigenvalue weighted by Gasteiger charge is 2.19. The molecule has 5 heteroatoms. The fourth-order valence-electron chi connectivity index (χ4n) is 1.42. The van der Waals surface area contributed by atoms with Crippen LogP contribution in [0.15, 0.2) is 4.34 Å². The molecule has 0 amide bonds. The van der Waals surface area contributed by atoms with Crippen LogP contribution in [0.1, 0.15) is 38.4 Å². The number of aromatic nitrogens is 2. The fourth-order valence-corrected chi connectivity index (χ4v) is 3.19. The van der Waals surface area contributed by atoms with E-state index in [-0.39, 0.29) is 0 Å². The Balaban J connectivity index is 1.49. The van der Waals surface area contributed by atoms with Crippen molar-refractivity contribution in [1.82, 2.24) is 14.7 Å². The number of nitrogens with one attached hydrogen (secondary N) is 1. The Morgan fingerprint density at radius 1 is 1.44 bits per heavy atom. The van der Waals surface area contributed by atoms with Gasteiger partial charge in [0.2, 0.25) is 0 Å². The summed E-state index contributed by atoms with van der Waals surface area (Å²) in [5, 5.41) is 3.53. The van der Waals surface area contributed by atoms with Crippen LogP contribution in [-0.4, -0.2) is 27.7 Å². The molecule has 0 aliphatic heterocycles. The number of hydrogen-bond donors (Lipinski definition) is 1. The van der Waals surface area contributed by atoms with Crippen molar-refractivity contribution >= 4 is 23.3 Å². The van der Waals surface area contributed by atoms with Gasteiger partial charge in [-0.05, 0) is 43.8 Å². The minimum atomic E-state index is 0.850. The smallest absolute Gasteiger partial charge is 0.170 e. The summed E-state index contributed by atoms with van der Waals surface area (Å²) in [6, 6.07) is 0.850. The van der Waals surface area contributed by atoms with Crippen molar-refractivity contribution in [3.05, 3.63) is 5.82 Å². The third-order valence-corrected chi connectivity index (χ3v) is 4.53. The van der Waals surface area contributed by atoms with Crippen LogP contribution in [0.25, 0.3) is 0 Å². The first-order valence-corrected chi connectivity index (χ1v) is 7.83. The number of hydrogen-bond acceptors (Lipinski definition) is 5. The molecule has 0 bridgehead atoms. The normalized spacial score (nSPS) is 15.6. The van der Waals surface area contributed by atoms with Gasteiger partial charge in [0.15, 0.2) is 4.34 Å². The molecule has 16 heavy (non-hydrogen) atoms. The highest BCUT2D eigenvalue weighted by atomic mass is 32.2. The van der Waals surface area contributed by atoms with Crippen LogP contribution in [0.3, 0.4) is 0 Å². The van der Waals surface area contributed by atoms with Crippen molar-refractivity contribution in [3.8, 4) is 0 Å². The van der Waals surface area contributed by atoms with E-state index in [1.807, 2.05) is 11.8 Å². The predicted octanol–water partition coefficient (Wildman–Crippen LogP) is 2.72. The van der Waals surface area contributed by atoms with E-state index < -0.39 is 0 Å². The zero-order valence-electron chi connectivity index (χ0n) is 9.74. The molecular formula is C11H19N3S2. The van der Waals surface area contributed by atoms with Crippen molar-refractivity contribution in [1.29, 1.82) is 0 Å². The second-order valence-corrected chi connectivity index (χ2v) is 6.21. The number of unbranched alkanes of at least 4 members (excludes halogenated alkanes) is 1. The van der Waals surface area contributed by atoms with Gasteiger partial charge in [0.05, 0.1) is 0 Å². The summed E-state index contributed by atoms with van der Waals surface area (Å²) in [6.07, 6.45) is 6.27. The summed E-state index contributed by atoms with van der Waals surface area (Å²) in [5.41, 5.74) is 0. The van der Waals surface area contributed by atoms with Crippen LogP contribution in [0.2, 0.25) is 0 Å². The molecule has 1 N–H and O–H groups in total. The van der Waals surface area contributed by atoms with Crippen molar-refractivity contribution in [3.63, 3.8) is 0 Å². The summed E-state index contributed by atoms with van der Waals surface area (Å²) in [7, 11) is 0. The molecule has 1 aliphatic carbocycles. The average molecular weight is 257 g/mol. The summed E-state index contributed by atoms with van der Waals surface area (Å²) < 4.78 is 5.41. The molecule has 90 valence electrons. The fraction of sp³-hybridized carbons (Fsp3) is 0.818. The Morgan fingerprint density at radius 3 is 3.00 bits per heavy atom. The van der Waals surface area contributed by atoms with Crippen LogP contribution < -0.4 is 5.32 Å². The van der Waals surface area contributed by atoms with E-state index in [0.717, 1.165) is 22.6 Å². The predicted molar refractivity (Wildman–Crippen MR) is 70.3 cm³/mol. The molecule has 1 fully saturated rings. The van der Waals surface area contributed by atoms with Gasteiger partial charge in [-0.2, -0.15) is 4.37 Å². The summed E-state index contributed by atoms with van der Waals surface area (Å²) in [4.78, 5) is 4.44. The lowest BCUT2D eigenvalue weighted by Gasteiger charge is -2.01. The SMILES string of the molecule is CCc1nsc(SCCCCNC2CC2)n1. The van der Waals surface area contributed by atoms with E-state index in [0.29, 0.717) is 0 Å². The van der Waals surface area contributed by atoms with E-state index in [9.17, 15) is 0 Å². The van der Waals surface area contributed by atoms with Crippen molar-refractivity contribution in [2.24, 2.45) is 0 Å². The third-order valence-electron chi connectivity index (χ3n) is 2.57. The lowest BCUT2D eigenvalue weighted by atomic mass is 10.3. The Kier molecular flexibility index (Phi) is 5.06. The maximum absolute atomic E-state index is 4.44. The van der Waals surface area contributed by atoms with Crippen LogP contribution in [0, 0.1) is 0 Å². The van der Waals surface area contributed by atoms with Crippen LogP contribution in [0.4, 0.5) is 0 Å². The van der Waals surface area contributed by atoms with Gasteiger partial charge < -0.3 is 5.32 Å². The zero-order chi connectivity index (χ0) is 11.2. The van der Waals surface area contributed by atoms with Gasteiger partial charge in [-0.25, -0.2) is 4.98 Å². The third kappa shape index (κ3) is 4.39. The molecule has 0 unspecified atom stereocenters. The standard InChI is InChI=1S/C11H19N3S2/c1-2-10-13-11(16-14-10)15-8-4-3-7-12-9-5-6-9/h9,12H,2-8H2,1H3. The van der Waals surface area contributed by atoms with E-state index in [2.05, 4.69) is 21.6 Å². The maximum atomic E-state index is 4.44. The van der Waals surface area contributed by atoms with Gasteiger partial charge in [-0.3, -0.25) is 0 Å². The first kappa shape index (κ1) is 12.3. The largest absolute Gasteiger partial charge is 0.314 e. The van der Waals surface area contributed by atoms with Crippen molar-refractivity contribution in [2.75, 3.05) is 12.3 Å². The molecule has 0 atom stereocenters. The monoisotopic (exact) mass is 257 g/mol. The first-order valence-electron chi connectivity index (χ1n) is 6.07. The van der Waals surface area contributed by atoms with Gasteiger partial charge in [0.1, 0.15) is 5.82 Å². The van der Waals surface area contributed by atoms with Gasteiger partial charge in [-0.15, -0.1) is 0 Å². The van der Waals surface area contributed by atoms with Crippen LogP contribution in [-0.2, 0) is 6.42 Å². The van der Waals surface area contributed by atoms with Crippen molar-refractivity contribution in [2.45, 2.75) is 49.4 Å². The average Bonchev–Trinajstić information content (AvgIpc) is 3.01. The first-order chi connectivity index (χ1) is 7.88. The Labute approximate surface area is 106 Å². The Hall–Kier alpha value is -0.130. The molecular weight excluding hydrogens is 238 g/mol. The van der Waals surface area contributed by atoms with Gasteiger partial charge >= 0.3 is 0 Å². The van der Waals surface area contributed by atoms with Crippen LogP contribution >= 0.6 is 23.3 Å². The Morgan fingerprint density at radius 2 is 2.31 bits per heavy atom. The molecule has 1 heterocycles. The summed E-state index contributed by atoms with van der Waals surface area (Å²) in [5.74, 6) is 2.16.